The van der Waals surface area contributed by atoms with Crippen LogP contribution in [0.3, 0.4) is 0 Å². The summed E-state index contributed by atoms with van der Waals surface area (Å²) < 4.78 is 1.57. The summed E-state index contributed by atoms with van der Waals surface area (Å²) in [5, 5.41) is 2.10. The molecule has 0 bridgehead atoms. The van der Waals surface area contributed by atoms with Gasteiger partial charge in [-0.1, -0.05) is 23.8 Å². The minimum Gasteiger partial charge on any atom is -0.141 e. The Bertz CT molecular complexity index is 1150. The zero-order valence-corrected chi connectivity index (χ0v) is 18.4. The van der Waals surface area contributed by atoms with Gasteiger partial charge in [-0.3, -0.25) is 0 Å². The monoisotopic (exact) mass is 390 g/mol. The first kappa shape index (κ1) is 17.6. The van der Waals surface area contributed by atoms with Gasteiger partial charge in [0.25, 0.3) is 0 Å². The smallest absolute Gasteiger partial charge is 0.0573 e. The lowest BCUT2D eigenvalue weighted by atomic mass is 9.86. The van der Waals surface area contributed by atoms with Crippen molar-refractivity contribution in [2.75, 3.05) is 0 Å². The molecule has 0 saturated carbocycles. The fourth-order valence-corrected chi connectivity index (χ4v) is 7.60. The van der Waals surface area contributed by atoms with E-state index < -0.39 is 0 Å². The summed E-state index contributed by atoms with van der Waals surface area (Å²) >= 11 is 4.07. The van der Waals surface area contributed by atoms with Crippen LogP contribution < -0.4 is 9.75 Å². The van der Waals surface area contributed by atoms with E-state index in [2.05, 4.69) is 76.7 Å². The lowest BCUT2D eigenvalue weighted by Crippen LogP contribution is -2.17. The Kier molecular flexibility index (Phi) is 4.07. The predicted octanol–water partition coefficient (Wildman–Crippen LogP) is 5.99. The van der Waals surface area contributed by atoms with Gasteiger partial charge in [0.1, 0.15) is 0 Å². The summed E-state index contributed by atoms with van der Waals surface area (Å²) in [7, 11) is 0. The number of allylic oxidation sites excluding steroid dienone is 3. The molecule has 2 aliphatic carbocycles. The summed E-state index contributed by atoms with van der Waals surface area (Å²) in [5.41, 5.74) is 10.7. The van der Waals surface area contributed by atoms with Crippen molar-refractivity contribution in [2.24, 2.45) is 0 Å². The van der Waals surface area contributed by atoms with E-state index in [0.29, 0.717) is 11.2 Å². The highest BCUT2D eigenvalue weighted by molar-refractivity contribution is 8.04. The van der Waals surface area contributed by atoms with Crippen molar-refractivity contribution in [3.8, 4) is 0 Å². The molecule has 0 saturated heterocycles. The first-order chi connectivity index (χ1) is 12.9. The van der Waals surface area contributed by atoms with Gasteiger partial charge in [0.05, 0.1) is 5.25 Å². The number of hydrogen-bond donors (Lipinski definition) is 0. The van der Waals surface area contributed by atoms with Crippen LogP contribution in [-0.4, -0.2) is 5.25 Å². The van der Waals surface area contributed by atoms with Gasteiger partial charge in [-0.25, -0.2) is 0 Å². The Morgan fingerprint density at radius 2 is 1.74 bits per heavy atom. The minimum absolute atomic E-state index is 0.579. The Balaban J connectivity index is 1.51. The Hall–Kier alpha value is -1.51. The number of hydrogen-bond acceptors (Lipinski definition) is 2. The van der Waals surface area contributed by atoms with E-state index in [9.17, 15) is 0 Å². The van der Waals surface area contributed by atoms with Crippen molar-refractivity contribution in [1.82, 2.24) is 0 Å². The van der Waals surface area contributed by atoms with Gasteiger partial charge in [-0.15, -0.1) is 23.1 Å². The fraction of sp³-hybridized carbons (Fsp3) is 0.360. The molecule has 2 unspecified atom stereocenters. The quantitative estimate of drug-likeness (QED) is 0.620. The highest BCUT2D eigenvalue weighted by Gasteiger charge is 2.32. The maximum Gasteiger partial charge on any atom is 0.0573 e. The first-order valence-corrected chi connectivity index (χ1v) is 11.6. The average molecular weight is 391 g/mol. The second kappa shape index (κ2) is 6.25. The van der Waals surface area contributed by atoms with E-state index in [1.165, 1.54) is 44.5 Å². The van der Waals surface area contributed by atoms with Gasteiger partial charge in [0, 0.05) is 15.3 Å². The lowest BCUT2D eigenvalue weighted by Gasteiger charge is -2.20. The number of fused-ring (bicyclic) bond motifs is 3. The SMILES string of the molecule is CC1=CC2=c3cc(C)sc3=C(CCC3C(C)=Cc4c(C)ccc(C)c43)C2S1. The van der Waals surface area contributed by atoms with Crippen LogP contribution in [0.15, 0.2) is 34.8 Å². The summed E-state index contributed by atoms with van der Waals surface area (Å²) in [6, 6.07) is 7.00. The van der Waals surface area contributed by atoms with Crippen molar-refractivity contribution in [1.29, 1.82) is 0 Å². The Morgan fingerprint density at radius 3 is 2.56 bits per heavy atom. The molecule has 0 spiro atoms. The highest BCUT2D eigenvalue weighted by atomic mass is 32.2. The molecular formula is C25H26S2. The van der Waals surface area contributed by atoms with Crippen LogP contribution in [0.25, 0.3) is 17.2 Å². The molecule has 0 radical (unpaired) electrons. The number of rotatable bonds is 3. The molecule has 0 amide bonds. The maximum atomic E-state index is 2.44. The molecule has 27 heavy (non-hydrogen) atoms. The van der Waals surface area contributed by atoms with Gasteiger partial charge >= 0.3 is 0 Å². The molecule has 2 heteroatoms. The first-order valence-electron chi connectivity index (χ1n) is 9.91. The maximum absolute atomic E-state index is 2.44. The molecule has 2 atom stereocenters. The lowest BCUT2D eigenvalue weighted by molar-refractivity contribution is 0.726. The van der Waals surface area contributed by atoms with Crippen LogP contribution in [0.4, 0.5) is 0 Å². The highest BCUT2D eigenvalue weighted by Crippen LogP contribution is 2.47. The van der Waals surface area contributed by atoms with Crippen molar-refractivity contribution < 1.29 is 0 Å². The van der Waals surface area contributed by atoms with E-state index in [1.807, 2.05) is 11.3 Å². The van der Waals surface area contributed by atoms with Crippen LogP contribution in [0.1, 0.15) is 59.7 Å². The number of thiophene rings is 1. The van der Waals surface area contributed by atoms with Crippen LogP contribution in [-0.2, 0) is 0 Å². The van der Waals surface area contributed by atoms with Crippen molar-refractivity contribution in [2.45, 2.75) is 58.6 Å². The molecule has 138 valence electrons. The molecule has 1 aliphatic heterocycles. The summed E-state index contributed by atoms with van der Waals surface area (Å²) in [6.07, 6.45) is 7.31. The number of benzene rings is 1. The molecule has 0 N–H and O–H groups in total. The largest absolute Gasteiger partial charge is 0.141 e. The normalized spacial score (nSPS) is 22.7. The fourth-order valence-electron chi connectivity index (χ4n) is 5.12. The molecule has 2 heterocycles. The van der Waals surface area contributed by atoms with Crippen LogP contribution in [0, 0.1) is 20.8 Å². The topological polar surface area (TPSA) is 0 Å². The number of aryl methyl sites for hydroxylation is 3. The second-order valence-electron chi connectivity index (χ2n) is 8.34. The minimum atomic E-state index is 0.579. The van der Waals surface area contributed by atoms with Crippen LogP contribution in [0.5, 0.6) is 0 Å². The third-order valence-electron chi connectivity index (χ3n) is 6.42. The third kappa shape index (κ3) is 2.64. The molecule has 0 nitrogen and oxygen atoms in total. The summed E-state index contributed by atoms with van der Waals surface area (Å²) in [5.74, 6) is 0.585. The summed E-state index contributed by atoms with van der Waals surface area (Å²) in [4.78, 5) is 2.91. The molecule has 3 aliphatic rings. The number of thioether (sulfide) groups is 1. The van der Waals surface area contributed by atoms with Crippen LogP contribution in [0.2, 0.25) is 0 Å². The van der Waals surface area contributed by atoms with Gasteiger partial charge in [-0.05, 0) is 103 Å². The third-order valence-corrected chi connectivity index (χ3v) is 8.80. The van der Waals surface area contributed by atoms with Crippen molar-refractivity contribution in [3.63, 3.8) is 0 Å². The average Bonchev–Trinajstić information content (AvgIpc) is 3.32. The molecular weight excluding hydrogens is 364 g/mol. The van der Waals surface area contributed by atoms with E-state index >= 15 is 0 Å². The van der Waals surface area contributed by atoms with Gasteiger partial charge < -0.3 is 0 Å². The molecule has 2 aromatic rings. The van der Waals surface area contributed by atoms with E-state index in [4.69, 9.17) is 0 Å². The Morgan fingerprint density at radius 1 is 0.963 bits per heavy atom. The second-order valence-corrected chi connectivity index (χ2v) is 10.9. The van der Waals surface area contributed by atoms with E-state index in [0.717, 1.165) is 0 Å². The summed E-state index contributed by atoms with van der Waals surface area (Å²) in [6.45, 7) is 11.4. The van der Waals surface area contributed by atoms with Gasteiger partial charge in [0.15, 0.2) is 0 Å². The van der Waals surface area contributed by atoms with E-state index in [1.54, 1.807) is 26.8 Å². The molecule has 0 fully saturated rings. The molecule has 1 aromatic heterocycles. The molecule has 1 aromatic carbocycles. The van der Waals surface area contributed by atoms with Gasteiger partial charge in [0.2, 0.25) is 0 Å². The molecule has 5 rings (SSSR count). The predicted molar refractivity (Wildman–Crippen MR) is 122 cm³/mol. The van der Waals surface area contributed by atoms with Crippen molar-refractivity contribution in [3.05, 3.63) is 71.6 Å². The Labute approximate surface area is 170 Å². The standard InChI is InChI=1S/C25H26S2/c1-13-6-7-14(2)23-18(15(3)10-20(13)23)8-9-19-24-21(11-16(4)26-24)22-12-17(5)27-25(19)22/h6-7,10-12,18,24H,8-9H2,1-5H3. The van der Waals surface area contributed by atoms with Gasteiger partial charge in [-0.2, -0.15) is 0 Å². The zero-order chi connectivity index (χ0) is 18.9. The van der Waals surface area contributed by atoms with Crippen molar-refractivity contribution >= 4 is 40.3 Å². The van der Waals surface area contributed by atoms with Crippen LogP contribution >= 0.6 is 23.1 Å². The zero-order valence-electron chi connectivity index (χ0n) is 16.8. The van der Waals surface area contributed by atoms with E-state index in [-0.39, 0.29) is 0 Å².